The summed E-state index contributed by atoms with van der Waals surface area (Å²) in [6.45, 7) is 0. The predicted molar refractivity (Wildman–Crippen MR) is 85.2 cm³/mol. The van der Waals surface area contributed by atoms with E-state index in [-0.39, 0.29) is 0 Å². The van der Waals surface area contributed by atoms with Crippen LogP contribution in [0.4, 0.5) is 20.2 Å². The zero-order valence-corrected chi connectivity index (χ0v) is 13.7. The molecular formula is C15H10F2N2O8. The van der Waals surface area contributed by atoms with Crippen molar-refractivity contribution in [2.24, 2.45) is 0 Å². The molecule has 0 aliphatic heterocycles. The molecule has 2 aromatic rings. The van der Waals surface area contributed by atoms with E-state index in [0.717, 1.165) is 14.2 Å². The Hall–Kier alpha value is -3.83. The number of rotatable bonds is 6. The van der Waals surface area contributed by atoms with Crippen LogP contribution in [0.1, 0.15) is 10.4 Å². The minimum absolute atomic E-state index is 0.386. The van der Waals surface area contributed by atoms with Crippen LogP contribution in [0.5, 0.6) is 11.5 Å². The number of methoxy groups -OCH3 is 2. The molecule has 1 N–H and O–H groups in total. The first-order valence-corrected chi connectivity index (χ1v) is 6.94. The van der Waals surface area contributed by atoms with Crippen LogP contribution in [0.3, 0.4) is 0 Å². The minimum Gasteiger partial charge on any atom is -0.490 e. The number of carboxylic acids is 1. The molecule has 0 atom stereocenters. The largest absolute Gasteiger partial charge is 0.490 e. The number of hydrogen-bond donors (Lipinski definition) is 1. The Bertz CT molecular complexity index is 977. The van der Waals surface area contributed by atoms with Crippen molar-refractivity contribution in [1.29, 1.82) is 0 Å². The second-order valence-corrected chi connectivity index (χ2v) is 4.99. The summed E-state index contributed by atoms with van der Waals surface area (Å²) in [6, 6.07) is 1.64. The van der Waals surface area contributed by atoms with E-state index in [1.165, 1.54) is 0 Å². The number of halogens is 2. The minimum atomic E-state index is -1.78. The first-order valence-electron chi connectivity index (χ1n) is 6.94. The normalized spacial score (nSPS) is 10.4. The van der Waals surface area contributed by atoms with Gasteiger partial charge in [0, 0.05) is 11.6 Å². The number of nitrogens with zero attached hydrogens (tertiary/aromatic N) is 2. The van der Waals surface area contributed by atoms with Crippen LogP contribution < -0.4 is 9.47 Å². The summed E-state index contributed by atoms with van der Waals surface area (Å²) in [7, 11) is 1.99. The van der Waals surface area contributed by atoms with E-state index in [1.54, 1.807) is 0 Å². The molecule has 0 saturated carbocycles. The molecular weight excluding hydrogens is 374 g/mol. The van der Waals surface area contributed by atoms with Crippen LogP contribution in [0, 0.1) is 31.9 Å². The summed E-state index contributed by atoms with van der Waals surface area (Å²) in [4.78, 5) is 31.5. The summed E-state index contributed by atoms with van der Waals surface area (Å²) in [6.07, 6.45) is 0. The molecule has 2 rings (SSSR count). The molecule has 0 bridgehead atoms. The molecule has 2 aromatic carbocycles. The summed E-state index contributed by atoms with van der Waals surface area (Å²) < 4.78 is 38.7. The lowest BCUT2D eigenvalue weighted by Crippen LogP contribution is -2.08. The quantitative estimate of drug-likeness (QED) is 0.591. The van der Waals surface area contributed by atoms with Crippen molar-refractivity contribution >= 4 is 17.3 Å². The SMILES string of the molecule is COc1cc(-c2c(F)c(C(=O)O)cc(OC)c2[N+](=O)[O-])c(F)cc1[N+](=O)[O-]. The van der Waals surface area contributed by atoms with Gasteiger partial charge in [0.2, 0.25) is 0 Å². The van der Waals surface area contributed by atoms with Crippen LogP contribution in [0.15, 0.2) is 18.2 Å². The van der Waals surface area contributed by atoms with Gasteiger partial charge in [-0.25, -0.2) is 13.6 Å². The van der Waals surface area contributed by atoms with Gasteiger partial charge in [0.25, 0.3) is 0 Å². The number of aromatic carboxylic acids is 1. The highest BCUT2D eigenvalue weighted by Gasteiger charge is 2.33. The van der Waals surface area contributed by atoms with Gasteiger partial charge in [0.15, 0.2) is 17.3 Å². The predicted octanol–water partition coefficient (Wildman–Crippen LogP) is 3.16. The highest BCUT2D eigenvalue weighted by molar-refractivity contribution is 5.94. The lowest BCUT2D eigenvalue weighted by Gasteiger charge is -2.13. The fraction of sp³-hybridized carbons (Fsp3) is 0.133. The summed E-state index contributed by atoms with van der Waals surface area (Å²) in [5.74, 6) is -5.93. The molecule has 142 valence electrons. The molecule has 0 fully saturated rings. The molecule has 10 nitrogen and oxygen atoms in total. The second-order valence-electron chi connectivity index (χ2n) is 4.99. The van der Waals surface area contributed by atoms with Crippen LogP contribution >= 0.6 is 0 Å². The monoisotopic (exact) mass is 384 g/mol. The van der Waals surface area contributed by atoms with Crippen molar-refractivity contribution in [1.82, 2.24) is 0 Å². The van der Waals surface area contributed by atoms with Gasteiger partial charge in [-0.3, -0.25) is 20.2 Å². The van der Waals surface area contributed by atoms with Gasteiger partial charge >= 0.3 is 17.3 Å². The smallest absolute Gasteiger partial charge is 0.338 e. The van der Waals surface area contributed by atoms with E-state index in [4.69, 9.17) is 14.6 Å². The lowest BCUT2D eigenvalue weighted by molar-refractivity contribution is -0.386. The Morgan fingerprint density at radius 1 is 1.04 bits per heavy atom. The Labute approximate surface area is 148 Å². The van der Waals surface area contributed by atoms with Gasteiger partial charge in [0.05, 0.1) is 35.7 Å². The highest BCUT2D eigenvalue weighted by atomic mass is 19.1. The zero-order valence-electron chi connectivity index (χ0n) is 13.7. The maximum atomic E-state index is 14.7. The molecule has 0 amide bonds. The molecule has 0 aromatic heterocycles. The molecule has 27 heavy (non-hydrogen) atoms. The van der Waals surface area contributed by atoms with E-state index >= 15 is 0 Å². The van der Waals surface area contributed by atoms with Crippen molar-refractivity contribution < 1.29 is 38.0 Å². The van der Waals surface area contributed by atoms with Crippen LogP contribution in [0.25, 0.3) is 11.1 Å². The Morgan fingerprint density at radius 2 is 1.63 bits per heavy atom. The van der Waals surface area contributed by atoms with Crippen molar-refractivity contribution in [3.63, 3.8) is 0 Å². The summed E-state index contributed by atoms with van der Waals surface area (Å²) in [5.41, 5.74) is -4.70. The Balaban J connectivity index is 3.01. The van der Waals surface area contributed by atoms with Gasteiger partial charge in [0.1, 0.15) is 11.4 Å². The third-order valence-electron chi connectivity index (χ3n) is 3.57. The van der Waals surface area contributed by atoms with Gasteiger partial charge in [-0.15, -0.1) is 0 Å². The van der Waals surface area contributed by atoms with Gasteiger partial charge in [-0.1, -0.05) is 0 Å². The van der Waals surface area contributed by atoms with E-state index in [2.05, 4.69) is 0 Å². The van der Waals surface area contributed by atoms with E-state index in [9.17, 15) is 33.8 Å². The molecule has 0 unspecified atom stereocenters. The maximum absolute atomic E-state index is 14.7. The standard InChI is InChI=1S/C15H10F2N2O8/c1-26-10-3-6(8(16)5-9(10)18(22)23)12-13(17)7(15(20)21)4-11(27-2)14(12)19(24)25/h3-5H,1-2H3,(H,20,21). The number of carbonyl (C=O) groups is 1. The number of hydrogen-bond acceptors (Lipinski definition) is 7. The fourth-order valence-electron chi connectivity index (χ4n) is 2.40. The number of carboxylic acid groups (broad SMARTS) is 1. The van der Waals surface area contributed by atoms with Gasteiger partial charge in [-0.05, 0) is 6.07 Å². The van der Waals surface area contributed by atoms with Crippen molar-refractivity contribution in [3.8, 4) is 22.6 Å². The third kappa shape index (κ3) is 3.31. The summed E-state index contributed by atoms with van der Waals surface area (Å²) >= 11 is 0. The first-order chi connectivity index (χ1) is 12.6. The fourth-order valence-corrected chi connectivity index (χ4v) is 2.40. The van der Waals surface area contributed by atoms with Crippen molar-refractivity contribution in [2.45, 2.75) is 0 Å². The Morgan fingerprint density at radius 3 is 2.07 bits per heavy atom. The van der Waals surface area contributed by atoms with Crippen LogP contribution in [-0.2, 0) is 0 Å². The molecule has 0 aliphatic carbocycles. The van der Waals surface area contributed by atoms with E-state index in [0.29, 0.717) is 18.2 Å². The van der Waals surface area contributed by atoms with E-state index < -0.39 is 67.0 Å². The average Bonchev–Trinajstić information content (AvgIpc) is 2.60. The van der Waals surface area contributed by atoms with Gasteiger partial charge < -0.3 is 14.6 Å². The highest BCUT2D eigenvalue weighted by Crippen LogP contribution is 2.44. The number of benzene rings is 2. The molecule has 12 heteroatoms. The molecule has 0 radical (unpaired) electrons. The van der Waals surface area contributed by atoms with Crippen molar-refractivity contribution in [2.75, 3.05) is 14.2 Å². The number of nitro groups is 2. The molecule has 0 aliphatic rings. The number of ether oxygens (including phenoxy) is 2. The van der Waals surface area contributed by atoms with Gasteiger partial charge in [-0.2, -0.15) is 0 Å². The first kappa shape index (κ1) is 19.5. The topological polar surface area (TPSA) is 142 Å². The number of nitro benzene ring substituents is 2. The molecule has 0 heterocycles. The van der Waals surface area contributed by atoms with Crippen molar-refractivity contribution in [3.05, 3.63) is 55.6 Å². The maximum Gasteiger partial charge on any atom is 0.338 e. The van der Waals surface area contributed by atoms with Crippen LogP contribution in [0.2, 0.25) is 0 Å². The summed E-state index contributed by atoms with van der Waals surface area (Å²) in [5, 5.41) is 31.4. The van der Waals surface area contributed by atoms with Crippen LogP contribution in [-0.4, -0.2) is 35.1 Å². The lowest BCUT2D eigenvalue weighted by atomic mass is 9.97. The molecule has 0 spiro atoms. The third-order valence-corrected chi connectivity index (χ3v) is 3.57. The zero-order chi connectivity index (χ0) is 20.5. The second kappa shape index (κ2) is 7.19. The average molecular weight is 384 g/mol. The Kier molecular flexibility index (Phi) is 5.19. The van der Waals surface area contributed by atoms with E-state index in [1.807, 2.05) is 0 Å². The molecule has 0 saturated heterocycles.